The third-order valence-electron chi connectivity index (χ3n) is 3.41. The number of allylic oxidation sites excluding steroid dienone is 1. The van der Waals surface area contributed by atoms with E-state index in [0.29, 0.717) is 6.42 Å². The topological polar surface area (TPSA) is 68.3 Å². The molecule has 0 radical (unpaired) electrons. The van der Waals surface area contributed by atoms with Crippen molar-refractivity contribution in [2.45, 2.75) is 32.6 Å². The van der Waals surface area contributed by atoms with Gasteiger partial charge in [0.15, 0.2) is 0 Å². The molecule has 1 unspecified atom stereocenters. The van der Waals surface area contributed by atoms with E-state index in [1.807, 2.05) is 24.4 Å². The molecule has 4 nitrogen and oxygen atoms in total. The molecule has 2 N–H and O–H groups in total. The molecule has 1 aliphatic rings. The van der Waals surface area contributed by atoms with Crippen LogP contribution in [-0.2, 0) is 4.79 Å². The molecule has 19 heavy (non-hydrogen) atoms. The van der Waals surface area contributed by atoms with Gasteiger partial charge in [0.1, 0.15) is 0 Å². The van der Waals surface area contributed by atoms with Gasteiger partial charge in [-0.15, -0.1) is 0 Å². The molecule has 0 bridgehead atoms. The minimum Gasteiger partial charge on any atom is -0.370 e. The summed E-state index contributed by atoms with van der Waals surface area (Å²) >= 11 is 0. The number of hydrogen-bond acceptors (Lipinski definition) is 3. The maximum Gasteiger partial charge on any atom is 0.217 e. The average Bonchev–Trinajstić information content (AvgIpc) is 2.39. The number of aliphatic imine (C=N–C) groups is 1. The van der Waals surface area contributed by atoms with Crippen LogP contribution in [0.2, 0.25) is 0 Å². The minimum atomic E-state index is -0.234. The molecule has 2 heterocycles. The first kappa shape index (κ1) is 13.5. The largest absolute Gasteiger partial charge is 0.370 e. The van der Waals surface area contributed by atoms with E-state index in [0.717, 1.165) is 30.7 Å². The molecule has 0 aromatic carbocycles. The molecule has 0 aliphatic carbocycles. The number of pyridine rings is 1. The molecule has 1 atom stereocenters. The summed E-state index contributed by atoms with van der Waals surface area (Å²) < 4.78 is 0. The first-order valence-corrected chi connectivity index (χ1v) is 6.53. The van der Waals surface area contributed by atoms with Gasteiger partial charge in [0, 0.05) is 25.2 Å². The average molecular weight is 257 g/mol. The standard InChI is InChI=1S/C15H19N3O/c1-15(7-4-6-14(16)19)8-10-18-13(11-15)12-5-2-3-9-17-12/h2-3,5,8-10H,4,6-7,11H2,1H3,(H2,16,19). The van der Waals surface area contributed by atoms with Gasteiger partial charge < -0.3 is 5.73 Å². The number of hydrogen-bond donors (Lipinski definition) is 1. The summed E-state index contributed by atoms with van der Waals surface area (Å²) in [4.78, 5) is 19.6. The van der Waals surface area contributed by atoms with Gasteiger partial charge in [-0.05, 0) is 30.4 Å². The SMILES string of the molecule is CC1(CCCC(N)=O)C=CN=C(c2ccccn2)C1. The Hall–Kier alpha value is -1.97. The van der Waals surface area contributed by atoms with Crippen LogP contribution in [0.5, 0.6) is 0 Å². The Bertz CT molecular complexity index is 507. The Morgan fingerprint density at radius 2 is 2.32 bits per heavy atom. The molecule has 0 spiro atoms. The molecular formula is C15H19N3O. The number of rotatable bonds is 5. The van der Waals surface area contributed by atoms with Gasteiger partial charge in [0.25, 0.3) is 0 Å². The van der Waals surface area contributed by atoms with Crippen LogP contribution in [0.4, 0.5) is 0 Å². The number of primary amides is 1. The zero-order chi connectivity index (χ0) is 13.7. The lowest BCUT2D eigenvalue weighted by molar-refractivity contribution is -0.118. The zero-order valence-electron chi connectivity index (χ0n) is 11.2. The quantitative estimate of drug-likeness (QED) is 0.880. The predicted octanol–water partition coefficient (Wildman–Crippen LogP) is 2.45. The zero-order valence-corrected chi connectivity index (χ0v) is 11.2. The number of carbonyl (C=O) groups excluding carboxylic acids is 1. The first-order chi connectivity index (χ1) is 9.09. The summed E-state index contributed by atoms with van der Waals surface area (Å²) in [5.74, 6) is -0.234. The third-order valence-corrected chi connectivity index (χ3v) is 3.41. The van der Waals surface area contributed by atoms with Gasteiger partial charge in [-0.3, -0.25) is 14.8 Å². The summed E-state index contributed by atoms with van der Waals surface area (Å²) in [6.07, 6.45) is 8.77. The van der Waals surface area contributed by atoms with Crippen LogP contribution >= 0.6 is 0 Å². The molecule has 1 amide bonds. The van der Waals surface area contributed by atoms with Crippen molar-refractivity contribution in [1.29, 1.82) is 0 Å². The molecule has 1 aliphatic heterocycles. The first-order valence-electron chi connectivity index (χ1n) is 6.53. The van der Waals surface area contributed by atoms with Crippen LogP contribution in [0, 0.1) is 5.41 Å². The minimum absolute atomic E-state index is 0.0318. The van der Waals surface area contributed by atoms with Crippen LogP contribution in [-0.4, -0.2) is 16.6 Å². The van der Waals surface area contributed by atoms with Gasteiger partial charge in [0.05, 0.1) is 11.4 Å². The van der Waals surface area contributed by atoms with E-state index in [1.165, 1.54) is 0 Å². The summed E-state index contributed by atoms with van der Waals surface area (Å²) in [6.45, 7) is 2.18. The van der Waals surface area contributed by atoms with E-state index < -0.39 is 0 Å². The van der Waals surface area contributed by atoms with E-state index in [2.05, 4.69) is 23.0 Å². The molecular weight excluding hydrogens is 238 g/mol. The highest BCUT2D eigenvalue weighted by atomic mass is 16.1. The van der Waals surface area contributed by atoms with Crippen molar-refractivity contribution in [3.8, 4) is 0 Å². The van der Waals surface area contributed by atoms with Crippen LogP contribution in [0.1, 0.15) is 38.3 Å². The van der Waals surface area contributed by atoms with E-state index in [4.69, 9.17) is 5.73 Å². The van der Waals surface area contributed by atoms with Crippen LogP contribution < -0.4 is 5.73 Å². The summed E-state index contributed by atoms with van der Waals surface area (Å²) in [5.41, 5.74) is 7.14. The molecule has 0 saturated carbocycles. The van der Waals surface area contributed by atoms with E-state index in [-0.39, 0.29) is 11.3 Å². The highest BCUT2D eigenvalue weighted by Crippen LogP contribution is 2.34. The Morgan fingerprint density at radius 3 is 3.00 bits per heavy atom. The lowest BCUT2D eigenvalue weighted by Crippen LogP contribution is -2.23. The Kier molecular flexibility index (Phi) is 4.10. The van der Waals surface area contributed by atoms with Gasteiger partial charge >= 0.3 is 0 Å². The fourth-order valence-corrected chi connectivity index (χ4v) is 2.32. The second-order valence-electron chi connectivity index (χ2n) is 5.26. The predicted molar refractivity (Wildman–Crippen MR) is 75.7 cm³/mol. The van der Waals surface area contributed by atoms with Gasteiger partial charge in [-0.2, -0.15) is 0 Å². The molecule has 1 aromatic rings. The molecule has 1 aromatic heterocycles. The maximum atomic E-state index is 10.8. The van der Waals surface area contributed by atoms with Crippen molar-refractivity contribution < 1.29 is 4.79 Å². The van der Waals surface area contributed by atoms with Crippen LogP contribution in [0.25, 0.3) is 0 Å². The molecule has 4 heteroatoms. The fraction of sp³-hybridized carbons (Fsp3) is 0.400. The van der Waals surface area contributed by atoms with Crippen molar-refractivity contribution in [2.24, 2.45) is 16.1 Å². The van der Waals surface area contributed by atoms with Crippen molar-refractivity contribution in [3.63, 3.8) is 0 Å². The number of nitrogens with zero attached hydrogens (tertiary/aromatic N) is 2. The van der Waals surface area contributed by atoms with Crippen molar-refractivity contribution in [3.05, 3.63) is 42.4 Å². The lowest BCUT2D eigenvalue weighted by atomic mass is 9.78. The number of aromatic nitrogens is 1. The normalized spacial score (nSPS) is 22.1. The monoisotopic (exact) mass is 257 g/mol. The number of nitrogens with two attached hydrogens (primary N) is 1. The summed E-state index contributed by atoms with van der Waals surface area (Å²) in [6, 6.07) is 5.84. The molecule has 0 fully saturated rings. The third kappa shape index (κ3) is 3.74. The van der Waals surface area contributed by atoms with E-state index >= 15 is 0 Å². The van der Waals surface area contributed by atoms with Gasteiger partial charge in [-0.1, -0.05) is 19.1 Å². The second kappa shape index (κ2) is 5.78. The Balaban J connectivity index is 2.02. The van der Waals surface area contributed by atoms with E-state index in [1.54, 1.807) is 6.20 Å². The summed E-state index contributed by atoms with van der Waals surface area (Å²) in [7, 11) is 0. The van der Waals surface area contributed by atoms with Crippen molar-refractivity contribution in [1.82, 2.24) is 4.98 Å². The maximum absolute atomic E-state index is 10.8. The second-order valence-corrected chi connectivity index (χ2v) is 5.26. The molecule has 2 rings (SSSR count). The Labute approximate surface area is 113 Å². The smallest absolute Gasteiger partial charge is 0.217 e. The van der Waals surface area contributed by atoms with Crippen molar-refractivity contribution >= 4 is 11.6 Å². The van der Waals surface area contributed by atoms with Crippen molar-refractivity contribution in [2.75, 3.05) is 0 Å². The number of amides is 1. The van der Waals surface area contributed by atoms with Gasteiger partial charge in [-0.25, -0.2) is 0 Å². The Morgan fingerprint density at radius 1 is 1.47 bits per heavy atom. The number of carbonyl (C=O) groups is 1. The molecule has 0 saturated heterocycles. The van der Waals surface area contributed by atoms with Gasteiger partial charge in [0.2, 0.25) is 5.91 Å². The highest BCUT2D eigenvalue weighted by Gasteiger charge is 2.26. The highest BCUT2D eigenvalue weighted by molar-refractivity contribution is 6.00. The van der Waals surface area contributed by atoms with Crippen LogP contribution in [0.3, 0.4) is 0 Å². The molecule has 100 valence electrons. The van der Waals surface area contributed by atoms with E-state index in [9.17, 15) is 4.79 Å². The van der Waals surface area contributed by atoms with Crippen LogP contribution in [0.15, 0.2) is 41.7 Å². The fourth-order valence-electron chi connectivity index (χ4n) is 2.32. The lowest BCUT2D eigenvalue weighted by Gasteiger charge is -2.28. The summed E-state index contributed by atoms with van der Waals surface area (Å²) in [5, 5.41) is 0.